The average Bonchev–Trinajstić information content (AvgIpc) is 2.88. The van der Waals surface area contributed by atoms with Crippen LogP contribution in [0, 0.1) is 0 Å². The van der Waals surface area contributed by atoms with Crippen molar-refractivity contribution >= 4 is 5.91 Å². The number of likely N-dealkylation sites (tertiary alicyclic amines) is 1. The minimum atomic E-state index is 0.0705. The Balaban J connectivity index is 1.77. The molecular formula is C17H27N3O2. The molecule has 1 amide bonds. The van der Waals surface area contributed by atoms with E-state index >= 15 is 0 Å². The second kappa shape index (κ2) is 8.27. The van der Waals surface area contributed by atoms with Crippen LogP contribution >= 0.6 is 0 Å². The molecule has 5 nitrogen and oxygen atoms in total. The molecule has 0 spiro atoms. The molecule has 1 fully saturated rings. The summed E-state index contributed by atoms with van der Waals surface area (Å²) in [6.07, 6.45) is 1.05. The summed E-state index contributed by atoms with van der Waals surface area (Å²) in [5.74, 6) is 0.0705. The average molecular weight is 305 g/mol. The third-order valence-electron chi connectivity index (χ3n) is 4.54. The summed E-state index contributed by atoms with van der Waals surface area (Å²) < 4.78 is 0. The molecule has 0 bridgehead atoms. The number of hydrogen-bond acceptors (Lipinski definition) is 4. The van der Waals surface area contributed by atoms with E-state index in [-0.39, 0.29) is 12.5 Å². The third kappa shape index (κ3) is 4.53. The van der Waals surface area contributed by atoms with E-state index in [1.807, 2.05) is 37.4 Å². The lowest BCUT2D eigenvalue weighted by atomic mass is 10.1. The van der Waals surface area contributed by atoms with Gasteiger partial charge in [0.25, 0.3) is 0 Å². The van der Waals surface area contributed by atoms with Crippen LogP contribution < -0.4 is 5.32 Å². The molecule has 0 aliphatic carbocycles. The first kappa shape index (κ1) is 16.9. The topological polar surface area (TPSA) is 55.8 Å². The monoisotopic (exact) mass is 305 g/mol. The SMILES string of the molecule is C[C@@H]1[C@H](N(C)CCO)CCN1CC(=O)NCc1ccccc1. The van der Waals surface area contributed by atoms with E-state index in [1.165, 1.54) is 0 Å². The molecule has 0 radical (unpaired) electrons. The number of hydrogen-bond donors (Lipinski definition) is 2. The fraction of sp³-hybridized carbons (Fsp3) is 0.588. The Kier molecular flexibility index (Phi) is 6.36. The summed E-state index contributed by atoms with van der Waals surface area (Å²) in [6.45, 7) is 4.98. The quantitative estimate of drug-likeness (QED) is 0.778. The van der Waals surface area contributed by atoms with Crippen molar-refractivity contribution in [1.82, 2.24) is 15.1 Å². The molecule has 0 unspecified atom stereocenters. The van der Waals surface area contributed by atoms with E-state index in [9.17, 15) is 4.79 Å². The van der Waals surface area contributed by atoms with Crippen molar-refractivity contribution in [2.75, 3.05) is 33.3 Å². The van der Waals surface area contributed by atoms with Crippen LogP contribution in [0.15, 0.2) is 30.3 Å². The van der Waals surface area contributed by atoms with Crippen LogP contribution in [0.2, 0.25) is 0 Å². The molecule has 2 rings (SSSR count). The predicted molar refractivity (Wildman–Crippen MR) is 87.4 cm³/mol. The van der Waals surface area contributed by atoms with E-state index in [0.717, 1.165) is 18.5 Å². The highest BCUT2D eigenvalue weighted by molar-refractivity contribution is 5.78. The summed E-state index contributed by atoms with van der Waals surface area (Å²) in [6, 6.07) is 10.7. The fourth-order valence-electron chi connectivity index (χ4n) is 3.16. The Morgan fingerprint density at radius 2 is 2.14 bits per heavy atom. The van der Waals surface area contributed by atoms with Crippen LogP contribution in [0.1, 0.15) is 18.9 Å². The maximum absolute atomic E-state index is 12.1. The molecule has 0 aromatic heterocycles. The molecule has 1 aromatic rings. The second-order valence-electron chi connectivity index (χ2n) is 6.03. The van der Waals surface area contributed by atoms with Gasteiger partial charge in [0.15, 0.2) is 0 Å². The van der Waals surface area contributed by atoms with Gasteiger partial charge in [-0.25, -0.2) is 0 Å². The fourth-order valence-corrected chi connectivity index (χ4v) is 3.16. The summed E-state index contributed by atoms with van der Waals surface area (Å²) in [7, 11) is 2.04. The highest BCUT2D eigenvalue weighted by Crippen LogP contribution is 2.21. The smallest absolute Gasteiger partial charge is 0.234 e. The number of benzene rings is 1. The van der Waals surface area contributed by atoms with Gasteiger partial charge in [-0.1, -0.05) is 30.3 Å². The minimum Gasteiger partial charge on any atom is -0.395 e. The Morgan fingerprint density at radius 3 is 2.82 bits per heavy atom. The van der Waals surface area contributed by atoms with E-state index < -0.39 is 0 Å². The molecule has 122 valence electrons. The summed E-state index contributed by atoms with van der Waals surface area (Å²) in [5.41, 5.74) is 1.12. The zero-order valence-corrected chi connectivity index (χ0v) is 13.5. The molecule has 2 N–H and O–H groups in total. The van der Waals surface area contributed by atoms with Crippen LogP contribution in [0.4, 0.5) is 0 Å². The number of carbonyl (C=O) groups is 1. The van der Waals surface area contributed by atoms with Gasteiger partial charge in [0.1, 0.15) is 0 Å². The van der Waals surface area contributed by atoms with Gasteiger partial charge in [-0.05, 0) is 26.0 Å². The highest BCUT2D eigenvalue weighted by Gasteiger charge is 2.33. The maximum atomic E-state index is 12.1. The van der Waals surface area contributed by atoms with Crippen molar-refractivity contribution in [3.05, 3.63) is 35.9 Å². The van der Waals surface area contributed by atoms with Gasteiger partial charge in [-0.3, -0.25) is 14.6 Å². The Bertz CT molecular complexity index is 466. The molecule has 1 aliphatic rings. The van der Waals surface area contributed by atoms with Crippen LogP contribution in [-0.2, 0) is 11.3 Å². The standard InChI is InChI=1S/C17H27N3O2/c1-14-16(19(2)10-11-21)8-9-20(14)13-17(22)18-12-15-6-4-3-5-7-15/h3-7,14,16,21H,8-13H2,1-2H3,(H,18,22)/t14-,16-/m1/s1. The van der Waals surface area contributed by atoms with E-state index in [1.54, 1.807) is 0 Å². The van der Waals surface area contributed by atoms with Crippen molar-refractivity contribution in [3.8, 4) is 0 Å². The largest absolute Gasteiger partial charge is 0.395 e. The zero-order valence-electron chi connectivity index (χ0n) is 13.5. The van der Waals surface area contributed by atoms with Gasteiger partial charge in [0.2, 0.25) is 5.91 Å². The van der Waals surface area contributed by atoms with Gasteiger partial charge in [-0.2, -0.15) is 0 Å². The molecular weight excluding hydrogens is 278 g/mol. The number of rotatable bonds is 7. The number of nitrogens with one attached hydrogen (secondary N) is 1. The third-order valence-corrected chi connectivity index (χ3v) is 4.54. The van der Waals surface area contributed by atoms with Crippen molar-refractivity contribution in [2.24, 2.45) is 0 Å². The molecule has 22 heavy (non-hydrogen) atoms. The number of nitrogens with zero attached hydrogens (tertiary/aromatic N) is 2. The molecule has 1 aliphatic heterocycles. The van der Waals surface area contributed by atoms with E-state index in [0.29, 0.717) is 31.7 Å². The lowest BCUT2D eigenvalue weighted by Gasteiger charge is -2.30. The lowest BCUT2D eigenvalue weighted by molar-refractivity contribution is -0.122. The Morgan fingerprint density at radius 1 is 1.41 bits per heavy atom. The lowest BCUT2D eigenvalue weighted by Crippen LogP contribution is -2.45. The van der Waals surface area contributed by atoms with Crippen LogP contribution in [0.3, 0.4) is 0 Å². The first-order chi connectivity index (χ1) is 10.6. The second-order valence-corrected chi connectivity index (χ2v) is 6.03. The van der Waals surface area contributed by atoms with Crippen molar-refractivity contribution in [1.29, 1.82) is 0 Å². The number of amides is 1. The summed E-state index contributed by atoms with van der Waals surface area (Å²) >= 11 is 0. The Hall–Kier alpha value is -1.43. The first-order valence-electron chi connectivity index (χ1n) is 7.97. The molecule has 5 heteroatoms. The normalized spacial score (nSPS) is 22.2. The predicted octanol–water partition coefficient (Wildman–Crippen LogP) is 0.690. The van der Waals surface area contributed by atoms with E-state index in [2.05, 4.69) is 22.0 Å². The van der Waals surface area contributed by atoms with Crippen LogP contribution in [0.5, 0.6) is 0 Å². The molecule has 2 atom stereocenters. The molecule has 1 aromatic carbocycles. The summed E-state index contributed by atoms with van der Waals surface area (Å²) in [5, 5.41) is 12.0. The minimum absolute atomic E-state index is 0.0705. The van der Waals surface area contributed by atoms with E-state index in [4.69, 9.17) is 5.11 Å². The van der Waals surface area contributed by atoms with Crippen LogP contribution in [0.25, 0.3) is 0 Å². The molecule has 1 heterocycles. The van der Waals surface area contributed by atoms with Gasteiger partial charge in [-0.15, -0.1) is 0 Å². The Labute approximate surface area is 132 Å². The van der Waals surface area contributed by atoms with Gasteiger partial charge >= 0.3 is 0 Å². The summed E-state index contributed by atoms with van der Waals surface area (Å²) in [4.78, 5) is 16.5. The number of likely N-dealkylation sites (N-methyl/N-ethyl adjacent to an activating group) is 1. The number of aliphatic hydroxyl groups excluding tert-OH is 1. The first-order valence-corrected chi connectivity index (χ1v) is 7.97. The zero-order chi connectivity index (χ0) is 15.9. The number of carbonyl (C=O) groups excluding carboxylic acids is 1. The molecule has 0 saturated carbocycles. The maximum Gasteiger partial charge on any atom is 0.234 e. The number of aliphatic hydroxyl groups is 1. The van der Waals surface area contributed by atoms with Crippen molar-refractivity contribution in [3.63, 3.8) is 0 Å². The van der Waals surface area contributed by atoms with Gasteiger partial charge in [0, 0.05) is 31.7 Å². The van der Waals surface area contributed by atoms with Gasteiger partial charge in [0.05, 0.1) is 13.2 Å². The highest BCUT2D eigenvalue weighted by atomic mass is 16.3. The van der Waals surface area contributed by atoms with Crippen LogP contribution in [-0.4, -0.2) is 66.2 Å². The van der Waals surface area contributed by atoms with Gasteiger partial charge < -0.3 is 10.4 Å². The van der Waals surface area contributed by atoms with Crippen molar-refractivity contribution in [2.45, 2.75) is 32.0 Å². The molecule has 1 saturated heterocycles. The van der Waals surface area contributed by atoms with Crippen molar-refractivity contribution < 1.29 is 9.90 Å².